The lowest BCUT2D eigenvalue weighted by Gasteiger charge is -2.06. The van der Waals surface area contributed by atoms with Gasteiger partial charge in [-0.15, -0.1) is 11.3 Å². The van der Waals surface area contributed by atoms with E-state index in [1.165, 1.54) is 17.7 Å². The third kappa shape index (κ3) is 2.72. The van der Waals surface area contributed by atoms with Gasteiger partial charge in [0.15, 0.2) is 0 Å². The number of thiophene rings is 1. The molecule has 0 radical (unpaired) electrons. The van der Waals surface area contributed by atoms with Gasteiger partial charge in [-0.25, -0.2) is 14.8 Å². The zero-order valence-electron chi connectivity index (χ0n) is 13.6. The molecule has 0 aliphatic rings. The van der Waals surface area contributed by atoms with Crippen LogP contribution in [-0.4, -0.2) is 22.5 Å². The molecule has 4 aromatic rings. The quantitative estimate of drug-likeness (QED) is 0.494. The van der Waals surface area contributed by atoms with Crippen LogP contribution in [0.4, 0.5) is 0 Å². The summed E-state index contributed by atoms with van der Waals surface area (Å²) in [5, 5.41) is 3.44. The van der Waals surface area contributed by atoms with Crippen molar-refractivity contribution in [2.75, 3.05) is 6.61 Å². The number of esters is 1. The molecule has 0 bridgehead atoms. The second kappa shape index (κ2) is 6.18. The van der Waals surface area contributed by atoms with E-state index in [0.717, 1.165) is 10.2 Å². The molecule has 25 heavy (non-hydrogen) atoms. The van der Waals surface area contributed by atoms with Gasteiger partial charge in [-0.3, -0.25) is 0 Å². The molecule has 0 amide bonds. The van der Waals surface area contributed by atoms with Crippen molar-refractivity contribution >= 4 is 38.5 Å². The summed E-state index contributed by atoms with van der Waals surface area (Å²) in [4.78, 5) is 21.5. The molecule has 0 spiro atoms. The first-order chi connectivity index (χ1) is 12.2. The summed E-state index contributed by atoms with van der Waals surface area (Å²) >= 11 is 1.52. The molecule has 0 saturated carbocycles. The number of aromatic nitrogens is 2. The van der Waals surface area contributed by atoms with E-state index in [2.05, 4.69) is 9.97 Å². The Morgan fingerprint density at radius 1 is 1.24 bits per heavy atom. The van der Waals surface area contributed by atoms with Crippen molar-refractivity contribution in [3.8, 4) is 11.6 Å². The van der Waals surface area contributed by atoms with Gasteiger partial charge in [-0.1, -0.05) is 0 Å². The Balaban J connectivity index is 1.77. The number of furan rings is 1. The van der Waals surface area contributed by atoms with E-state index in [1.807, 2.05) is 11.4 Å². The minimum absolute atomic E-state index is 0.304. The minimum Gasteiger partial charge on any atom is -0.462 e. The third-order valence-corrected chi connectivity index (χ3v) is 4.58. The first kappa shape index (κ1) is 15.6. The van der Waals surface area contributed by atoms with Crippen LogP contribution in [0.25, 0.3) is 21.2 Å². The average molecular weight is 354 g/mol. The predicted octanol–water partition coefficient (Wildman–Crippen LogP) is 4.71. The van der Waals surface area contributed by atoms with Gasteiger partial charge in [0.25, 0.3) is 0 Å². The fourth-order valence-corrected chi connectivity index (χ4v) is 3.40. The Labute approximate surface area is 147 Å². The maximum Gasteiger partial charge on any atom is 0.342 e. The maximum absolute atomic E-state index is 12.2. The highest BCUT2D eigenvalue weighted by Crippen LogP contribution is 2.33. The summed E-state index contributed by atoms with van der Waals surface area (Å²) in [5.41, 5.74) is 1.03. The first-order valence-corrected chi connectivity index (χ1v) is 8.61. The van der Waals surface area contributed by atoms with Crippen molar-refractivity contribution in [3.05, 3.63) is 47.3 Å². The zero-order valence-corrected chi connectivity index (χ0v) is 14.4. The lowest BCUT2D eigenvalue weighted by molar-refractivity contribution is 0.0526. The van der Waals surface area contributed by atoms with Crippen LogP contribution in [0.1, 0.15) is 23.0 Å². The van der Waals surface area contributed by atoms with Crippen LogP contribution in [0.15, 0.2) is 40.4 Å². The van der Waals surface area contributed by atoms with Crippen molar-refractivity contribution in [1.82, 2.24) is 9.97 Å². The number of ether oxygens (including phenoxy) is 2. The first-order valence-electron chi connectivity index (χ1n) is 7.73. The number of carbonyl (C=O) groups excluding carboxylic acids is 1. The summed E-state index contributed by atoms with van der Waals surface area (Å²) < 4.78 is 16.7. The van der Waals surface area contributed by atoms with Gasteiger partial charge in [0.1, 0.15) is 33.8 Å². The highest BCUT2D eigenvalue weighted by Gasteiger charge is 2.20. The normalized spacial score (nSPS) is 11.1. The highest BCUT2D eigenvalue weighted by molar-refractivity contribution is 7.16. The molecule has 6 nitrogen and oxygen atoms in total. The Kier molecular flexibility index (Phi) is 3.85. The molecule has 3 heterocycles. The molecule has 0 atom stereocenters. The fraction of sp³-hybridized carbons (Fsp3) is 0.167. The number of aryl methyl sites for hydroxylation is 1. The number of benzene rings is 1. The van der Waals surface area contributed by atoms with Crippen molar-refractivity contribution < 1.29 is 18.7 Å². The molecule has 0 N–H and O–H groups in total. The fourth-order valence-electron chi connectivity index (χ4n) is 2.68. The van der Waals surface area contributed by atoms with Crippen molar-refractivity contribution in [2.24, 2.45) is 0 Å². The molecule has 4 rings (SSSR count). The standard InChI is InChI=1S/C18H14N2O4S/c1-3-22-18(21)15-10(2)23-14-5-4-11(8-13(14)15)24-16-12-6-7-25-17(12)20-9-19-16/h4-9H,3H2,1-2H3. The van der Waals surface area contributed by atoms with Crippen molar-refractivity contribution in [2.45, 2.75) is 13.8 Å². The van der Waals surface area contributed by atoms with Gasteiger partial charge in [0.2, 0.25) is 5.88 Å². The second-order valence-corrected chi connectivity index (χ2v) is 6.23. The van der Waals surface area contributed by atoms with E-state index >= 15 is 0 Å². The van der Waals surface area contributed by atoms with Crippen LogP contribution < -0.4 is 4.74 Å². The highest BCUT2D eigenvalue weighted by atomic mass is 32.1. The van der Waals surface area contributed by atoms with E-state index in [1.54, 1.807) is 32.0 Å². The van der Waals surface area contributed by atoms with E-state index in [4.69, 9.17) is 13.9 Å². The van der Waals surface area contributed by atoms with Gasteiger partial charge in [0, 0.05) is 5.39 Å². The number of hydrogen-bond donors (Lipinski definition) is 0. The van der Waals surface area contributed by atoms with Gasteiger partial charge >= 0.3 is 5.97 Å². The Bertz CT molecular complexity index is 1080. The largest absolute Gasteiger partial charge is 0.462 e. The van der Waals surface area contributed by atoms with Crippen molar-refractivity contribution in [1.29, 1.82) is 0 Å². The number of fused-ring (bicyclic) bond motifs is 2. The minimum atomic E-state index is -0.404. The van der Waals surface area contributed by atoms with Crippen LogP contribution in [0.5, 0.6) is 11.6 Å². The number of rotatable bonds is 4. The number of nitrogens with zero attached hydrogens (tertiary/aromatic N) is 2. The van der Waals surface area contributed by atoms with Crippen LogP contribution >= 0.6 is 11.3 Å². The third-order valence-electron chi connectivity index (χ3n) is 3.75. The molecule has 0 saturated heterocycles. The Hall–Kier alpha value is -2.93. The molecule has 126 valence electrons. The van der Waals surface area contributed by atoms with Crippen LogP contribution in [0, 0.1) is 6.92 Å². The zero-order chi connectivity index (χ0) is 17.4. The van der Waals surface area contributed by atoms with Crippen molar-refractivity contribution in [3.63, 3.8) is 0 Å². The van der Waals surface area contributed by atoms with Crippen LogP contribution in [0.2, 0.25) is 0 Å². The Morgan fingerprint density at radius 2 is 2.12 bits per heavy atom. The monoisotopic (exact) mass is 354 g/mol. The summed E-state index contributed by atoms with van der Waals surface area (Å²) in [5.74, 6) is 1.15. The van der Waals surface area contributed by atoms with E-state index in [-0.39, 0.29) is 0 Å². The number of hydrogen-bond acceptors (Lipinski definition) is 7. The van der Waals surface area contributed by atoms with E-state index in [9.17, 15) is 4.79 Å². The lowest BCUT2D eigenvalue weighted by Crippen LogP contribution is -2.05. The van der Waals surface area contributed by atoms with Crippen LogP contribution in [-0.2, 0) is 4.74 Å². The topological polar surface area (TPSA) is 74.5 Å². The molecule has 1 aromatic carbocycles. The van der Waals surface area contributed by atoms with Gasteiger partial charge in [-0.2, -0.15) is 0 Å². The summed E-state index contributed by atoms with van der Waals surface area (Å²) in [6, 6.07) is 7.23. The van der Waals surface area contributed by atoms with Gasteiger partial charge in [0.05, 0.1) is 12.0 Å². The van der Waals surface area contributed by atoms with E-state index in [0.29, 0.717) is 40.5 Å². The lowest BCUT2D eigenvalue weighted by atomic mass is 10.1. The molecule has 0 aliphatic heterocycles. The number of carbonyl (C=O) groups is 1. The molecule has 3 aromatic heterocycles. The summed E-state index contributed by atoms with van der Waals surface area (Å²) in [6.07, 6.45) is 1.47. The average Bonchev–Trinajstić information content (AvgIpc) is 3.19. The van der Waals surface area contributed by atoms with Gasteiger partial charge < -0.3 is 13.9 Å². The second-order valence-electron chi connectivity index (χ2n) is 5.33. The molecule has 0 fully saturated rings. The van der Waals surface area contributed by atoms with E-state index < -0.39 is 5.97 Å². The van der Waals surface area contributed by atoms with Gasteiger partial charge in [-0.05, 0) is 43.5 Å². The SMILES string of the molecule is CCOC(=O)c1c(C)oc2ccc(Oc3ncnc4sccc34)cc12. The molecule has 0 aliphatic carbocycles. The molecular formula is C18H14N2O4S. The van der Waals surface area contributed by atoms with Crippen LogP contribution in [0.3, 0.4) is 0 Å². The molecular weight excluding hydrogens is 340 g/mol. The predicted molar refractivity (Wildman–Crippen MR) is 94.4 cm³/mol. The molecule has 0 unspecified atom stereocenters. The smallest absolute Gasteiger partial charge is 0.342 e. The maximum atomic E-state index is 12.2. The summed E-state index contributed by atoms with van der Waals surface area (Å²) in [7, 11) is 0. The summed E-state index contributed by atoms with van der Waals surface area (Å²) in [6.45, 7) is 3.82. The molecule has 7 heteroatoms. The Morgan fingerprint density at radius 3 is 2.96 bits per heavy atom.